The zero-order chi connectivity index (χ0) is 13.7. The molecule has 1 saturated carbocycles. The number of likely N-dealkylation sites (N-methyl/N-ethyl adjacent to an activating group) is 2. The van der Waals surface area contributed by atoms with Gasteiger partial charge in [-0.05, 0) is 57.5 Å². The van der Waals surface area contributed by atoms with Crippen molar-refractivity contribution in [2.24, 2.45) is 0 Å². The molecule has 2 atom stereocenters. The smallest absolute Gasteiger partial charge is 0.0613 e. The van der Waals surface area contributed by atoms with Crippen molar-refractivity contribution < 1.29 is 5.11 Å². The molecular formula is C15H25N3O. The summed E-state index contributed by atoms with van der Waals surface area (Å²) in [6.45, 7) is 1.29. The molecule has 0 saturated heterocycles. The van der Waals surface area contributed by atoms with E-state index in [2.05, 4.69) is 34.4 Å². The Bertz CT molecular complexity index is 378. The van der Waals surface area contributed by atoms with Gasteiger partial charge >= 0.3 is 0 Å². The average molecular weight is 263 g/mol. The topological polar surface area (TPSA) is 48.4 Å². The molecular weight excluding hydrogens is 238 g/mol. The molecule has 0 bridgehead atoms. The van der Waals surface area contributed by atoms with E-state index in [0.29, 0.717) is 6.04 Å². The number of nitrogens with zero attached hydrogens (tertiary/aromatic N) is 2. The molecule has 4 nitrogen and oxygen atoms in total. The lowest BCUT2D eigenvalue weighted by molar-refractivity contribution is 0.158. The molecule has 0 spiro atoms. The van der Waals surface area contributed by atoms with Crippen LogP contribution in [0.25, 0.3) is 0 Å². The van der Waals surface area contributed by atoms with Gasteiger partial charge in [-0.2, -0.15) is 0 Å². The van der Waals surface area contributed by atoms with Gasteiger partial charge in [-0.3, -0.25) is 4.98 Å². The molecule has 1 aromatic rings. The molecule has 0 radical (unpaired) electrons. The molecule has 2 unspecified atom stereocenters. The number of rotatable bonds is 6. The van der Waals surface area contributed by atoms with Gasteiger partial charge in [-0.1, -0.05) is 0 Å². The minimum atomic E-state index is -0.0599. The molecule has 1 aliphatic carbocycles. The second-order valence-corrected chi connectivity index (χ2v) is 5.67. The molecule has 4 heteroatoms. The number of pyridine rings is 1. The van der Waals surface area contributed by atoms with Gasteiger partial charge in [0.05, 0.1) is 6.61 Å². The van der Waals surface area contributed by atoms with Crippen molar-refractivity contribution in [1.82, 2.24) is 15.2 Å². The Morgan fingerprint density at radius 2 is 2.21 bits per heavy atom. The number of nitrogens with one attached hydrogen (secondary N) is 1. The fraction of sp³-hybridized carbons (Fsp3) is 0.667. The van der Waals surface area contributed by atoms with Gasteiger partial charge in [0, 0.05) is 30.5 Å². The van der Waals surface area contributed by atoms with E-state index in [0.717, 1.165) is 32.2 Å². The van der Waals surface area contributed by atoms with E-state index >= 15 is 0 Å². The van der Waals surface area contributed by atoms with E-state index in [1.165, 1.54) is 5.56 Å². The Hall–Kier alpha value is -0.970. The summed E-state index contributed by atoms with van der Waals surface area (Å²) >= 11 is 0. The summed E-state index contributed by atoms with van der Waals surface area (Å²) in [5.74, 6) is 0. The molecule has 1 fully saturated rings. The zero-order valence-corrected chi connectivity index (χ0v) is 12.0. The second-order valence-electron chi connectivity index (χ2n) is 5.67. The molecule has 0 aliphatic heterocycles. The van der Waals surface area contributed by atoms with Crippen LogP contribution in [0.3, 0.4) is 0 Å². The molecule has 0 aromatic carbocycles. The fourth-order valence-electron chi connectivity index (χ4n) is 2.96. The highest BCUT2D eigenvalue weighted by Gasteiger charge is 2.38. The Morgan fingerprint density at radius 1 is 1.47 bits per heavy atom. The summed E-state index contributed by atoms with van der Waals surface area (Å²) in [5.41, 5.74) is 1.28. The van der Waals surface area contributed by atoms with Crippen LogP contribution in [0.5, 0.6) is 0 Å². The summed E-state index contributed by atoms with van der Waals surface area (Å²) in [5, 5.41) is 12.8. The minimum absolute atomic E-state index is 0.0599. The Morgan fingerprint density at radius 3 is 2.79 bits per heavy atom. The molecule has 0 amide bonds. The maximum atomic E-state index is 9.54. The highest BCUT2D eigenvalue weighted by atomic mass is 16.3. The van der Waals surface area contributed by atoms with Gasteiger partial charge in [-0.15, -0.1) is 0 Å². The standard InChI is InChI=1S/C15H25N3O/c1-16-15(12-19)7-3-14(11-15)18(2)10-6-13-4-8-17-9-5-13/h4-5,8-9,14,16,19H,3,6-7,10-12H2,1-2H3. The summed E-state index contributed by atoms with van der Waals surface area (Å²) in [7, 11) is 4.14. The van der Waals surface area contributed by atoms with Crippen LogP contribution in [0.4, 0.5) is 0 Å². The van der Waals surface area contributed by atoms with E-state index < -0.39 is 0 Å². The Labute approximate surface area is 115 Å². The van der Waals surface area contributed by atoms with Crippen LogP contribution in [0, 0.1) is 0 Å². The molecule has 1 aliphatic rings. The lowest BCUT2D eigenvalue weighted by Gasteiger charge is -2.29. The third-order valence-corrected chi connectivity index (χ3v) is 4.54. The van der Waals surface area contributed by atoms with Crippen molar-refractivity contribution in [3.63, 3.8) is 0 Å². The van der Waals surface area contributed by atoms with E-state index in [4.69, 9.17) is 0 Å². The zero-order valence-electron chi connectivity index (χ0n) is 12.0. The first-order chi connectivity index (χ1) is 9.19. The van der Waals surface area contributed by atoms with Crippen molar-refractivity contribution in [2.75, 3.05) is 27.2 Å². The number of aromatic nitrogens is 1. The molecule has 106 valence electrons. The van der Waals surface area contributed by atoms with Crippen molar-refractivity contribution in [3.8, 4) is 0 Å². The van der Waals surface area contributed by atoms with Crippen molar-refractivity contribution >= 4 is 0 Å². The lowest BCUT2D eigenvalue weighted by Crippen LogP contribution is -2.45. The third kappa shape index (κ3) is 3.53. The van der Waals surface area contributed by atoms with Crippen LogP contribution in [0.1, 0.15) is 24.8 Å². The van der Waals surface area contributed by atoms with Gasteiger partial charge < -0.3 is 15.3 Å². The Kier molecular flexibility index (Phi) is 4.91. The van der Waals surface area contributed by atoms with Crippen molar-refractivity contribution in [2.45, 2.75) is 37.3 Å². The van der Waals surface area contributed by atoms with Gasteiger partial charge in [0.2, 0.25) is 0 Å². The highest BCUT2D eigenvalue weighted by molar-refractivity contribution is 5.10. The van der Waals surface area contributed by atoms with Crippen molar-refractivity contribution in [1.29, 1.82) is 0 Å². The first-order valence-electron chi connectivity index (χ1n) is 7.08. The van der Waals surface area contributed by atoms with Crippen LogP contribution < -0.4 is 5.32 Å². The third-order valence-electron chi connectivity index (χ3n) is 4.54. The normalized spacial score (nSPS) is 27.1. The van der Waals surface area contributed by atoms with Crippen LogP contribution in [-0.4, -0.2) is 53.8 Å². The van der Waals surface area contributed by atoms with Gasteiger partial charge in [0.15, 0.2) is 0 Å². The number of hydrogen-bond donors (Lipinski definition) is 2. The maximum absolute atomic E-state index is 9.54. The number of aliphatic hydroxyl groups is 1. The summed E-state index contributed by atoms with van der Waals surface area (Å²) in [6, 6.07) is 4.73. The molecule has 1 heterocycles. The summed E-state index contributed by atoms with van der Waals surface area (Å²) in [4.78, 5) is 6.47. The summed E-state index contributed by atoms with van der Waals surface area (Å²) < 4.78 is 0. The van der Waals surface area contributed by atoms with Crippen LogP contribution in [-0.2, 0) is 6.42 Å². The van der Waals surface area contributed by atoms with E-state index in [-0.39, 0.29) is 12.1 Å². The maximum Gasteiger partial charge on any atom is 0.0613 e. The van der Waals surface area contributed by atoms with Crippen molar-refractivity contribution in [3.05, 3.63) is 30.1 Å². The summed E-state index contributed by atoms with van der Waals surface area (Å²) in [6.07, 6.45) is 8.01. The second kappa shape index (κ2) is 6.46. The van der Waals surface area contributed by atoms with Crippen LogP contribution in [0.15, 0.2) is 24.5 Å². The molecule has 1 aromatic heterocycles. The lowest BCUT2D eigenvalue weighted by atomic mass is 9.99. The predicted molar refractivity (Wildman–Crippen MR) is 77.1 cm³/mol. The predicted octanol–water partition coefficient (Wildman–Crippen LogP) is 1.06. The fourth-order valence-corrected chi connectivity index (χ4v) is 2.96. The van der Waals surface area contributed by atoms with E-state index in [1.54, 1.807) is 0 Å². The first kappa shape index (κ1) is 14.4. The average Bonchev–Trinajstić information content (AvgIpc) is 2.91. The van der Waals surface area contributed by atoms with Gasteiger partial charge in [-0.25, -0.2) is 0 Å². The van der Waals surface area contributed by atoms with Crippen LogP contribution >= 0.6 is 0 Å². The quantitative estimate of drug-likeness (QED) is 0.806. The highest BCUT2D eigenvalue weighted by Crippen LogP contribution is 2.32. The van der Waals surface area contributed by atoms with E-state index in [1.807, 2.05) is 19.4 Å². The monoisotopic (exact) mass is 263 g/mol. The first-order valence-corrected chi connectivity index (χ1v) is 7.08. The van der Waals surface area contributed by atoms with E-state index in [9.17, 15) is 5.11 Å². The largest absolute Gasteiger partial charge is 0.394 e. The van der Waals surface area contributed by atoms with Gasteiger partial charge in [0.1, 0.15) is 0 Å². The molecule has 19 heavy (non-hydrogen) atoms. The number of hydrogen-bond acceptors (Lipinski definition) is 4. The van der Waals surface area contributed by atoms with Gasteiger partial charge in [0.25, 0.3) is 0 Å². The van der Waals surface area contributed by atoms with Crippen LogP contribution in [0.2, 0.25) is 0 Å². The number of aliphatic hydroxyl groups excluding tert-OH is 1. The Balaban J connectivity index is 1.83. The molecule has 2 N–H and O–H groups in total. The minimum Gasteiger partial charge on any atom is -0.394 e. The SMILES string of the molecule is CNC1(CO)CCC(N(C)CCc2ccncc2)C1. The molecule has 2 rings (SSSR count).